The van der Waals surface area contributed by atoms with Gasteiger partial charge in [0.25, 0.3) is 0 Å². The molecule has 0 bridgehead atoms. The molecule has 1 aromatic carbocycles. The van der Waals surface area contributed by atoms with E-state index in [1.54, 1.807) is 27.7 Å². The fraction of sp³-hybridized carbons (Fsp3) is 0.467. The van der Waals surface area contributed by atoms with Crippen LogP contribution in [0.25, 0.3) is 6.08 Å². The molecule has 0 saturated carbocycles. The Kier molecular flexibility index (Phi) is 4.93. The van der Waals surface area contributed by atoms with Crippen molar-refractivity contribution in [2.45, 2.75) is 45.1 Å². The standard InChI is InChI=1S/C15H15BBrF5O2/c1-13(2)14(3,4)24-16(23-13)11(19)7-8-9(15(20,21)22)5-6-10(18)12(8)17/h5-7H,1-4H3. The number of halogens is 6. The third kappa shape index (κ3) is 3.53. The van der Waals surface area contributed by atoms with Gasteiger partial charge in [-0.1, -0.05) is 0 Å². The first kappa shape index (κ1) is 19.4. The zero-order valence-electron chi connectivity index (χ0n) is 13.4. The van der Waals surface area contributed by atoms with Crippen LogP contribution in [0.3, 0.4) is 0 Å². The Morgan fingerprint density at radius 2 is 1.62 bits per heavy atom. The van der Waals surface area contributed by atoms with Crippen molar-refractivity contribution in [3.8, 4) is 0 Å². The van der Waals surface area contributed by atoms with Crippen molar-refractivity contribution >= 4 is 29.1 Å². The second-order valence-corrected chi connectivity index (χ2v) is 7.23. The highest BCUT2D eigenvalue weighted by atomic mass is 79.9. The lowest BCUT2D eigenvalue weighted by molar-refractivity contribution is -0.137. The van der Waals surface area contributed by atoms with Gasteiger partial charge in [-0.25, -0.2) is 8.78 Å². The summed E-state index contributed by atoms with van der Waals surface area (Å²) in [6.07, 6.45) is -4.18. The van der Waals surface area contributed by atoms with E-state index in [9.17, 15) is 22.0 Å². The van der Waals surface area contributed by atoms with Gasteiger partial charge < -0.3 is 9.31 Å². The van der Waals surface area contributed by atoms with E-state index in [-0.39, 0.29) is 0 Å². The third-order valence-corrected chi connectivity index (χ3v) is 5.00. The fourth-order valence-electron chi connectivity index (χ4n) is 2.12. The molecule has 2 nitrogen and oxygen atoms in total. The summed E-state index contributed by atoms with van der Waals surface area (Å²) in [5.41, 5.74) is -4.60. The van der Waals surface area contributed by atoms with Crippen molar-refractivity contribution < 1.29 is 31.3 Å². The van der Waals surface area contributed by atoms with Gasteiger partial charge in [-0.3, -0.25) is 0 Å². The maximum absolute atomic E-state index is 14.5. The largest absolute Gasteiger partial charge is 0.525 e. The molecule has 0 N–H and O–H groups in total. The van der Waals surface area contributed by atoms with Crippen LogP contribution in [-0.4, -0.2) is 18.3 Å². The third-order valence-electron chi connectivity index (χ3n) is 4.20. The molecule has 1 fully saturated rings. The number of hydrogen-bond donors (Lipinski definition) is 0. The molecule has 1 saturated heterocycles. The molecule has 0 aromatic heterocycles. The first-order chi connectivity index (χ1) is 10.8. The molecule has 9 heteroatoms. The molecule has 132 valence electrons. The Bertz CT molecular complexity index is 669. The molecule has 0 spiro atoms. The summed E-state index contributed by atoms with van der Waals surface area (Å²) in [6.45, 7) is 6.72. The number of alkyl halides is 3. The van der Waals surface area contributed by atoms with E-state index in [0.717, 1.165) is 0 Å². The highest BCUT2D eigenvalue weighted by Gasteiger charge is 2.53. The summed E-state index contributed by atoms with van der Waals surface area (Å²) in [5.74, 6) is -0.934. The van der Waals surface area contributed by atoms with Crippen molar-refractivity contribution in [3.63, 3.8) is 0 Å². The van der Waals surface area contributed by atoms with E-state index in [1.807, 2.05) is 0 Å². The second kappa shape index (κ2) is 6.11. The Labute approximate surface area is 145 Å². The maximum atomic E-state index is 14.5. The quantitative estimate of drug-likeness (QED) is 0.468. The normalized spacial score (nSPS) is 20.6. The van der Waals surface area contributed by atoms with Gasteiger partial charge in [0, 0.05) is 5.56 Å². The smallest absolute Gasteiger partial charge is 0.398 e. The van der Waals surface area contributed by atoms with Crippen molar-refractivity contribution in [2.24, 2.45) is 0 Å². The molecule has 1 aliphatic rings. The van der Waals surface area contributed by atoms with Gasteiger partial charge in [0.15, 0.2) is 0 Å². The fourth-order valence-corrected chi connectivity index (χ4v) is 2.58. The van der Waals surface area contributed by atoms with Gasteiger partial charge in [0.2, 0.25) is 0 Å². The van der Waals surface area contributed by atoms with Gasteiger partial charge in [-0.05, 0) is 61.8 Å². The molecule has 24 heavy (non-hydrogen) atoms. The van der Waals surface area contributed by atoms with E-state index in [1.165, 1.54) is 0 Å². The first-order valence-corrected chi connectivity index (χ1v) is 7.83. The van der Waals surface area contributed by atoms with Crippen LogP contribution >= 0.6 is 15.9 Å². The number of hydrogen-bond acceptors (Lipinski definition) is 2. The molecule has 1 aliphatic heterocycles. The molecular weight excluding hydrogens is 398 g/mol. The van der Waals surface area contributed by atoms with Crippen LogP contribution in [0, 0.1) is 5.82 Å². The minimum Gasteiger partial charge on any atom is -0.398 e. The van der Waals surface area contributed by atoms with Gasteiger partial charge in [-0.15, -0.1) is 0 Å². The van der Waals surface area contributed by atoms with Crippen LogP contribution in [0.2, 0.25) is 0 Å². The molecule has 1 aromatic rings. The van der Waals surface area contributed by atoms with Gasteiger partial charge >= 0.3 is 13.3 Å². The average molecular weight is 413 g/mol. The second-order valence-electron chi connectivity index (χ2n) is 6.44. The summed E-state index contributed by atoms with van der Waals surface area (Å²) in [7, 11) is -1.47. The zero-order valence-corrected chi connectivity index (χ0v) is 15.0. The van der Waals surface area contributed by atoms with E-state index in [4.69, 9.17) is 9.31 Å². The van der Waals surface area contributed by atoms with E-state index in [2.05, 4.69) is 15.9 Å². The lowest BCUT2D eigenvalue weighted by atomic mass is 9.86. The number of rotatable bonds is 2. The van der Waals surface area contributed by atoms with Crippen molar-refractivity contribution in [1.82, 2.24) is 0 Å². The molecule has 0 amide bonds. The van der Waals surface area contributed by atoms with E-state index >= 15 is 0 Å². The summed E-state index contributed by atoms with van der Waals surface area (Å²) >= 11 is 2.74. The first-order valence-electron chi connectivity index (χ1n) is 7.04. The Hall–Kier alpha value is -0.925. The topological polar surface area (TPSA) is 18.5 Å². The Balaban J connectivity index is 2.47. The van der Waals surface area contributed by atoms with Crippen molar-refractivity contribution in [2.75, 3.05) is 0 Å². The van der Waals surface area contributed by atoms with Crippen molar-refractivity contribution in [1.29, 1.82) is 0 Å². The maximum Gasteiger partial charge on any atom is 0.525 e. The Morgan fingerprint density at radius 3 is 2.08 bits per heavy atom. The predicted molar refractivity (Wildman–Crippen MR) is 84.3 cm³/mol. The Morgan fingerprint density at radius 1 is 1.12 bits per heavy atom. The van der Waals surface area contributed by atoms with Crippen LogP contribution in [0.15, 0.2) is 22.3 Å². The van der Waals surface area contributed by atoms with Crippen LogP contribution in [0.1, 0.15) is 38.8 Å². The molecule has 0 radical (unpaired) electrons. The SMILES string of the molecule is CC1(C)OB(C(F)=Cc2c(C(F)(F)F)ccc(F)c2Br)OC1(C)C. The molecule has 1 heterocycles. The van der Waals surface area contributed by atoms with Gasteiger partial charge in [0.1, 0.15) is 11.5 Å². The summed E-state index contributed by atoms with van der Waals surface area (Å²) in [4.78, 5) is 0. The summed E-state index contributed by atoms with van der Waals surface area (Å²) < 4.78 is 77.7. The zero-order chi connectivity index (χ0) is 18.5. The van der Waals surface area contributed by atoms with Crippen molar-refractivity contribution in [3.05, 3.63) is 39.3 Å². The minimum atomic E-state index is -4.77. The molecule has 0 unspecified atom stereocenters. The average Bonchev–Trinajstić information content (AvgIpc) is 2.62. The van der Waals surface area contributed by atoms with Crippen LogP contribution in [0.5, 0.6) is 0 Å². The van der Waals surface area contributed by atoms with Gasteiger partial charge in [-0.2, -0.15) is 13.2 Å². The van der Waals surface area contributed by atoms with Crippen LogP contribution in [0.4, 0.5) is 22.0 Å². The minimum absolute atomic E-state index is 0.482. The van der Waals surface area contributed by atoms with E-state index in [0.29, 0.717) is 18.2 Å². The monoisotopic (exact) mass is 412 g/mol. The highest BCUT2D eigenvalue weighted by Crippen LogP contribution is 2.41. The summed E-state index contributed by atoms with van der Waals surface area (Å²) in [6, 6.07) is 1.22. The molecule has 0 aliphatic carbocycles. The molecule has 0 atom stereocenters. The van der Waals surface area contributed by atoms with Gasteiger partial charge in [0.05, 0.1) is 21.2 Å². The molecule has 2 rings (SSSR count). The van der Waals surface area contributed by atoms with E-state index < -0.39 is 51.6 Å². The number of benzene rings is 1. The van der Waals surface area contributed by atoms with Crippen LogP contribution < -0.4 is 0 Å². The lowest BCUT2D eigenvalue weighted by Crippen LogP contribution is -2.41. The predicted octanol–water partition coefficient (Wildman–Crippen LogP) is 5.55. The molecular formula is C15H15BBrF5O2. The highest BCUT2D eigenvalue weighted by molar-refractivity contribution is 9.10. The van der Waals surface area contributed by atoms with Crippen LogP contribution in [-0.2, 0) is 15.5 Å². The lowest BCUT2D eigenvalue weighted by Gasteiger charge is -2.32. The summed E-state index contributed by atoms with van der Waals surface area (Å²) in [5, 5.41) is 0.